The van der Waals surface area contributed by atoms with Gasteiger partial charge in [0, 0.05) is 38.3 Å². The molecule has 3 rings (SSSR count). The summed E-state index contributed by atoms with van der Waals surface area (Å²) in [5.74, 6) is 0. The van der Waals surface area contributed by atoms with Crippen LogP contribution in [0, 0.1) is 17.0 Å². The van der Waals surface area contributed by atoms with Crippen molar-refractivity contribution >= 4 is 11.4 Å². The summed E-state index contributed by atoms with van der Waals surface area (Å²) < 4.78 is 5.39. The van der Waals surface area contributed by atoms with Crippen LogP contribution in [-0.4, -0.2) is 55.3 Å². The Balaban J connectivity index is 1.75. The standard InChI is InChI=1S/C15H21N3O3/c1-12-2-3-14(15(10-12)18(19)20)17-5-4-13(11-17)16-6-8-21-9-7-16/h2-3,10,13H,4-9,11H2,1H3. The largest absolute Gasteiger partial charge is 0.379 e. The topological polar surface area (TPSA) is 58.8 Å². The zero-order chi connectivity index (χ0) is 14.8. The fourth-order valence-electron chi connectivity index (χ4n) is 3.25. The Hall–Kier alpha value is -1.66. The predicted octanol–water partition coefficient (Wildman–Crippen LogP) is 1.81. The molecule has 0 spiro atoms. The van der Waals surface area contributed by atoms with Crippen molar-refractivity contribution < 1.29 is 9.66 Å². The summed E-state index contributed by atoms with van der Waals surface area (Å²) in [4.78, 5) is 15.6. The highest BCUT2D eigenvalue weighted by atomic mass is 16.6. The van der Waals surface area contributed by atoms with Gasteiger partial charge in [-0.05, 0) is 25.0 Å². The van der Waals surface area contributed by atoms with E-state index in [2.05, 4.69) is 9.80 Å². The molecule has 2 fully saturated rings. The van der Waals surface area contributed by atoms with E-state index in [-0.39, 0.29) is 10.6 Å². The molecule has 2 aliphatic rings. The number of hydrogen-bond donors (Lipinski definition) is 0. The van der Waals surface area contributed by atoms with Gasteiger partial charge in [-0.1, -0.05) is 6.07 Å². The number of benzene rings is 1. The molecular weight excluding hydrogens is 270 g/mol. The third kappa shape index (κ3) is 3.01. The average molecular weight is 291 g/mol. The Labute approximate surface area is 124 Å². The SMILES string of the molecule is Cc1ccc(N2CCC(N3CCOCC3)C2)c([N+](=O)[O-])c1. The Bertz CT molecular complexity index is 529. The lowest BCUT2D eigenvalue weighted by Crippen LogP contribution is -2.44. The monoisotopic (exact) mass is 291 g/mol. The van der Waals surface area contributed by atoms with Crippen molar-refractivity contribution in [2.24, 2.45) is 0 Å². The number of nitrogens with zero attached hydrogens (tertiary/aromatic N) is 3. The molecule has 1 aromatic carbocycles. The quantitative estimate of drug-likeness (QED) is 0.628. The zero-order valence-electron chi connectivity index (χ0n) is 12.3. The summed E-state index contributed by atoms with van der Waals surface area (Å²) in [6.07, 6.45) is 1.06. The molecule has 6 heteroatoms. The van der Waals surface area contributed by atoms with Crippen LogP contribution in [0.2, 0.25) is 0 Å². The molecule has 0 aliphatic carbocycles. The van der Waals surface area contributed by atoms with Crippen LogP contribution >= 0.6 is 0 Å². The lowest BCUT2D eigenvalue weighted by molar-refractivity contribution is -0.384. The van der Waals surface area contributed by atoms with Crippen LogP contribution in [0.25, 0.3) is 0 Å². The molecule has 0 N–H and O–H groups in total. The first-order valence-corrected chi connectivity index (χ1v) is 7.47. The van der Waals surface area contributed by atoms with Crippen LogP contribution in [0.15, 0.2) is 18.2 Å². The highest BCUT2D eigenvalue weighted by Crippen LogP contribution is 2.32. The molecule has 2 saturated heterocycles. The summed E-state index contributed by atoms with van der Waals surface area (Å²) in [5, 5.41) is 11.3. The highest BCUT2D eigenvalue weighted by Gasteiger charge is 2.31. The number of nitro groups is 1. The van der Waals surface area contributed by atoms with Gasteiger partial charge in [0.1, 0.15) is 5.69 Å². The van der Waals surface area contributed by atoms with E-state index < -0.39 is 0 Å². The second-order valence-corrected chi connectivity index (χ2v) is 5.79. The first-order chi connectivity index (χ1) is 10.1. The van der Waals surface area contributed by atoms with Crippen molar-refractivity contribution in [2.45, 2.75) is 19.4 Å². The van der Waals surface area contributed by atoms with Gasteiger partial charge in [0.15, 0.2) is 0 Å². The maximum absolute atomic E-state index is 11.3. The summed E-state index contributed by atoms with van der Waals surface area (Å²) in [6.45, 7) is 7.15. The van der Waals surface area contributed by atoms with Gasteiger partial charge in [-0.15, -0.1) is 0 Å². The van der Waals surface area contributed by atoms with Gasteiger partial charge < -0.3 is 9.64 Å². The number of aryl methyl sites for hydroxylation is 1. The van der Waals surface area contributed by atoms with E-state index in [0.29, 0.717) is 6.04 Å². The van der Waals surface area contributed by atoms with E-state index >= 15 is 0 Å². The van der Waals surface area contributed by atoms with Crippen molar-refractivity contribution in [1.29, 1.82) is 0 Å². The summed E-state index contributed by atoms with van der Waals surface area (Å²) in [5.41, 5.74) is 1.90. The molecule has 1 aromatic rings. The van der Waals surface area contributed by atoms with Gasteiger partial charge >= 0.3 is 0 Å². The van der Waals surface area contributed by atoms with E-state index in [4.69, 9.17) is 4.74 Å². The first kappa shape index (κ1) is 14.3. The molecule has 21 heavy (non-hydrogen) atoms. The molecule has 0 saturated carbocycles. The smallest absolute Gasteiger partial charge is 0.292 e. The molecule has 114 valence electrons. The lowest BCUT2D eigenvalue weighted by atomic mass is 10.2. The van der Waals surface area contributed by atoms with Crippen molar-refractivity contribution in [3.8, 4) is 0 Å². The average Bonchev–Trinajstić information content (AvgIpc) is 2.97. The summed E-state index contributed by atoms with van der Waals surface area (Å²) in [6, 6.07) is 5.98. The normalized spacial score (nSPS) is 23.5. The van der Waals surface area contributed by atoms with Crippen molar-refractivity contribution in [2.75, 3.05) is 44.3 Å². The summed E-state index contributed by atoms with van der Waals surface area (Å²) >= 11 is 0. The predicted molar refractivity (Wildman–Crippen MR) is 80.8 cm³/mol. The fourth-order valence-corrected chi connectivity index (χ4v) is 3.25. The molecular formula is C15H21N3O3. The van der Waals surface area contributed by atoms with E-state index in [9.17, 15) is 10.1 Å². The summed E-state index contributed by atoms with van der Waals surface area (Å²) in [7, 11) is 0. The van der Waals surface area contributed by atoms with Crippen LogP contribution in [-0.2, 0) is 4.74 Å². The Kier molecular flexibility index (Phi) is 4.07. The lowest BCUT2D eigenvalue weighted by Gasteiger charge is -2.32. The Morgan fingerprint density at radius 1 is 1.29 bits per heavy atom. The molecule has 2 aliphatic heterocycles. The third-order valence-electron chi connectivity index (χ3n) is 4.39. The minimum Gasteiger partial charge on any atom is -0.379 e. The van der Waals surface area contributed by atoms with E-state index in [1.54, 1.807) is 6.07 Å². The molecule has 1 atom stereocenters. The molecule has 1 unspecified atom stereocenters. The van der Waals surface area contributed by atoms with E-state index in [1.807, 2.05) is 19.1 Å². The minimum atomic E-state index is -0.273. The number of hydrogen-bond acceptors (Lipinski definition) is 5. The Morgan fingerprint density at radius 3 is 2.76 bits per heavy atom. The fraction of sp³-hybridized carbons (Fsp3) is 0.600. The second-order valence-electron chi connectivity index (χ2n) is 5.79. The van der Waals surface area contributed by atoms with Crippen LogP contribution in [0.3, 0.4) is 0 Å². The van der Waals surface area contributed by atoms with Crippen LogP contribution < -0.4 is 4.90 Å². The van der Waals surface area contributed by atoms with E-state index in [0.717, 1.165) is 57.1 Å². The molecule has 0 radical (unpaired) electrons. The van der Waals surface area contributed by atoms with Gasteiger partial charge in [0.25, 0.3) is 5.69 Å². The number of rotatable bonds is 3. The molecule has 0 aromatic heterocycles. The number of ether oxygens (including phenoxy) is 1. The number of nitro benzene ring substituents is 1. The molecule has 0 amide bonds. The van der Waals surface area contributed by atoms with Crippen LogP contribution in [0.5, 0.6) is 0 Å². The number of morpholine rings is 1. The zero-order valence-corrected chi connectivity index (χ0v) is 12.3. The van der Waals surface area contributed by atoms with Crippen molar-refractivity contribution in [3.05, 3.63) is 33.9 Å². The van der Waals surface area contributed by atoms with Crippen molar-refractivity contribution in [3.63, 3.8) is 0 Å². The number of anilines is 1. The van der Waals surface area contributed by atoms with Crippen LogP contribution in [0.4, 0.5) is 11.4 Å². The van der Waals surface area contributed by atoms with Crippen molar-refractivity contribution in [1.82, 2.24) is 4.90 Å². The van der Waals surface area contributed by atoms with Crippen LogP contribution in [0.1, 0.15) is 12.0 Å². The molecule has 0 bridgehead atoms. The molecule has 2 heterocycles. The Morgan fingerprint density at radius 2 is 2.05 bits per heavy atom. The molecule has 6 nitrogen and oxygen atoms in total. The van der Waals surface area contributed by atoms with Gasteiger partial charge in [0.05, 0.1) is 18.1 Å². The van der Waals surface area contributed by atoms with Gasteiger partial charge in [-0.2, -0.15) is 0 Å². The van der Waals surface area contributed by atoms with Gasteiger partial charge in [-0.25, -0.2) is 0 Å². The third-order valence-corrected chi connectivity index (χ3v) is 4.39. The first-order valence-electron chi connectivity index (χ1n) is 7.47. The maximum Gasteiger partial charge on any atom is 0.292 e. The minimum absolute atomic E-state index is 0.220. The highest BCUT2D eigenvalue weighted by molar-refractivity contribution is 5.64. The van der Waals surface area contributed by atoms with Gasteiger partial charge in [0.2, 0.25) is 0 Å². The van der Waals surface area contributed by atoms with E-state index in [1.165, 1.54) is 0 Å². The maximum atomic E-state index is 11.3. The van der Waals surface area contributed by atoms with Gasteiger partial charge in [-0.3, -0.25) is 15.0 Å². The second kappa shape index (κ2) is 5.99.